The number of rotatable bonds is 7. The molecule has 0 radical (unpaired) electrons. The Morgan fingerprint density at radius 2 is 1.68 bits per heavy atom. The van der Waals surface area contributed by atoms with Gasteiger partial charge in [-0.2, -0.15) is 0 Å². The topological polar surface area (TPSA) is 66.4 Å². The fraction of sp³-hybridized carbons (Fsp3) is 0.263. The van der Waals surface area contributed by atoms with E-state index >= 15 is 0 Å². The number of halogens is 1. The highest BCUT2D eigenvalue weighted by atomic mass is 32.2. The van der Waals surface area contributed by atoms with Gasteiger partial charge in [0.05, 0.1) is 5.92 Å². The van der Waals surface area contributed by atoms with Crippen molar-refractivity contribution in [3.05, 3.63) is 65.5 Å². The summed E-state index contributed by atoms with van der Waals surface area (Å²) in [4.78, 5) is 24.7. The van der Waals surface area contributed by atoms with Crippen molar-refractivity contribution in [3.63, 3.8) is 0 Å². The molecule has 1 unspecified atom stereocenters. The number of carboxylic acid groups (broad SMARTS) is 1. The lowest BCUT2D eigenvalue weighted by Crippen LogP contribution is -2.31. The molecule has 0 aliphatic rings. The molecule has 0 bridgehead atoms. The average molecular weight is 361 g/mol. The Balaban J connectivity index is 2.01. The zero-order chi connectivity index (χ0) is 18.4. The highest BCUT2D eigenvalue weighted by Crippen LogP contribution is 2.23. The highest BCUT2D eigenvalue weighted by Gasteiger charge is 2.21. The predicted molar refractivity (Wildman–Crippen MR) is 96.5 cm³/mol. The van der Waals surface area contributed by atoms with Crippen molar-refractivity contribution in [3.8, 4) is 0 Å². The van der Waals surface area contributed by atoms with Gasteiger partial charge in [-0.05, 0) is 42.0 Å². The van der Waals surface area contributed by atoms with Crippen LogP contribution in [0, 0.1) is 5.82 Å². The molecule has 2 aromatic rings. The van der Waals surface area contributed by atoms with Crippen molar-refractivity contribution in [1.82, 2.24) is 5.32 Å². The summed E-state index contributed by atoms with van der Waals surface area (Å²) in [5.74, 6) is -2.78. The van der Waals surface area contributed by atoms with Gasteiger partial charge in [0, 0.05) is 22.3 Å². The molecule has 1 amide bonds. The summed E-state index contributed by atoms with van der Waals surface area (Å²) < 4.78 is 13.0. The number of hydrogen-bond donors (Lipinski definition) is 2. The van der Waals surface area contributed by atoms with E-state index < -0.39 is 17.7 Å². The molecule has 25 heavy (non-hydrogen) atoms. The minimum absolute atomic E-state index is 0.0672. The predicted octanol–water partition coefficient (Wildman–Crippen LogP) is 3.92. The second-order valence-corrected chi connectivity index (χ2v) is 7.49. The first-order valence-electron chi connectivity index (χ1n) is 7.90. The van der Waals surface area contributed by atoms with Crippen LogP contribution in [-0.4, -0.2) is 28.8 Å². The first-order valence-corrected chi connectivity index (χ1v) is 8.78. The van der Waals surface area contributed by atoms with E-state index in [1.54, 1.807) is 23.9 Å². The van der Waals surface area contributed by atoms with Crippen LogP contribution in [0.5, 0.6) is 0 Å². The molecule has 6 heteroatoms. The zero-order valence-electron chi connectivity index (χ0n) is 14.0. The molecule has 0 fully saturated rings. The Morgan fingerprint density at radius 3 is 2.20 bits per heavy atom. The van der Waals surface area contributed by atoms with Crippen LogP contribution in [0.2, 0.25) is 0 Å². The van der Waals surface area contributed by atoms with Crippen molar-refractivity contribution < 1.29 is 19.1 Å². The van der Waals surface area contributed by atoms with E-state index in [4.69, 9.17) is 0 Å². The summed E-state index contributed by atoms with van der Waals surface area (Å²) >= 11 is 1.70. The van der Waals surface area contributed by atoms with Crippen LogP contribution in [0.15, 0.2) is 53.4 Å². The molecular formula is C19H20FNO3S. The lowest BCUT2D eigenvalue weighted by atomic mass is 9.99. The van der Waals surface area contributed by atoms with Crippen LogP contribution in [0.1, 0.15) is 35.7 Å². The van der Waals surface area contributed by atoms with Gasteiger partial charge in [-0.15, -0.1) is 11.8 Å². The van der Waals surface area contributed by atoms with Gasteiger partial charge in [-0.1, -0.05) is 26.0 Å². The third-order valence-electron chi connectivity index (χ3n) is 3.53. The first kappa shape index (κ1) is 19.0. The maximum Gasteiger partial charge on any atom is 0.312 e. The molecule has 0 aromatic heterocycles. The SMILES string of the molecule is CC(C)Sc1ccc(C(=O)NCC(C(=O)O)c2ccc(F)cc2)cc1. The van der Waals surface area contributed by atoms with Gasteiger partial charge in [0.1, 0.15) is 5.82 Å². The smallest absolute Gasteiger partial charge is 0.312 e. The number of hydrogen-bond acceptors (Lipinski definition) is 3. The Labute approximate surface area is 150 Å². The van der Waals surface area contributed by atoms with Crippen molar-refractivity contribution in [2.24, 2.45) is 0 Å². The van der Waals surface area contributed by atoms with Crippen molar-refractivity contribution in [2.45, 2.75) is 29.9 Å². The van der Waals surface area contributed by atoms with Crippen LogP contribution < -0.4 is 5.32 Å². The third-order valence-corrected chi connectivity index (χ3v) is 4.54. The second kappa shape index (κ2) is 8.67. The molecular weight excluding hydrogens is 341 g/mol. The summed E-state index contributed by atoms with van der Waals surface area (Å²) in [6.07, 6.45) is 0. The summed E-state index contributed by atoms with van der Waals surface area (Å²) in [5, 5.41) is 12.4. The van der Waals surface area contributed by atoms with Gasteiger partial charge in [0.25, 0.3) is 5.91 Å². The van der Waals surface area contributed by atoms with Crippen LogP contribution in [-0.2, 0) is 4.79 Å². The van der Waals surface area contributed by atoms with E-state index in [9.17, 15) is 19.1 Å². The van der Waals surface area contributed by atoms with E-state index in [1.165, 1.54) is 24.3 Å². The Morgan fingerprint density at radius 1 is 1.08 bits per heavy atom. The molecule has 1 atom stereocenters. The number of benzene rings is 2. The standard InChI is InChI=1S/C19H20FNO3S/c1-12(2)25-16-9-5-14(6-10-16)18(22)21-11-17(19(23)24)13-3-7-15(20)8-4-13/h3-10,12,17H,11H2,1-2H3,(H,21,22)(H,23,24). The number of carbonyl (C=O) groups excluding carboxylic acids is 1. The van der Waals surface area contributed by atoms with E-state index in [0.717, 1.165) is 4.90 Å². The van der Waals surface area contributed by atoms with Crippen molar-refractivity contribution >= 4 is 23.6 Å². The summed E-state index contributed by atoms with van der Waals surface area (Å²) in [7, 11) is 0. The molecule has 0 aliphatic heterocycles. The molecule has 0 spiro atoms. The molecule has 2 rings (SSSR count). The lowest BCUT2D eigenvalue weighted by molar-refractivity contribution is -0.138. The first-order chi connectivity index (χ1) is 11.9. The van der Waals surface area contributed by atoms with Crippen molar-refractivity contribution in [2.75, 3.05) is 6.54 Å². The number of amides is 1. The minimum atomic E-state index is -1.07. The quantitative estimate of drug-likeness (QED) is 0.734. The number of thioether (sulfide) groups is 1. The van der Waals surface area contributed by atoms with Crippen LogP contribution in [0.3, 0.4) is 0 Å². The van der Waals surface area contributed by atoms with Gasteiger partial charge >= 0.3 is 5.97 Å². The van der Waals surface area contributed by atoms with Crippen LogP contribution >= 0.6 is 11.8 Å². The average Bonchev–Trinajstić information content (AvgIpc) is 2.56. The number of carboxylic acids is 1. The minimum Gasteiger partial charge on any atom is -0.481 e. The van der Waals surface area contributed by atoms with Gasteiger partial charge in [-0.3, -0.25) is 9.59 Å². The van der Waals surface area contributed by atoms with E-state index in [0.29, 0.717) is 16.4 Å². The van der Waals surface area contributed by atoms with Crippen molar-refractivity contribution in [1.29, 1.82) is 0 Å². The normalized spacial score (nSPS) is 12.0. The Bertz CT molecular complexity index is 729. The summed E-state index contributed by atoms with van der Waals surface area (Å²) in [5.41, 5.74) is 0.911. The molecule has 4 nitrogen and oxygen atoms in total. The fourth-order valence-corrected chi connectivity index (χ4v) is 3.13. The second-order valence-electron chi connectivity index (χ2n) is 5.84. The van der Waals surface area contributed by atoms with E-state index in [-0.39, 0.29) is 12.5 Å². The number of aliphatic carboxylic acids is 1. The fourth-order valence-electron chi connectivity index (χ4n) is 2.30. The van der Waals surface area contributed by atoms with E-state index in [1.807, 2.05) is 12.1 Å². The van der Waals surface area contributed by atoms with Gasteiger partial charge in [-0.25, -0.2) is 4.39 Å². The van der Waals surface area contributed by atoms with Gasteiger partial charge < -0.3 is 10.4 Å². The molecule has 2 N–H and O–H groups in total. The molecule has 0 saturated heterocycles. The molecule has 0 aliphatic carbocycles. The highest BCUT2D eigenvalue weighted by molar-refractivity contribution is 7.99. The number of nitrogens with one attached hydrogen (secondary N) is 1. The lowest BCUT2D eigenvalue weighted by Gasteiger charge is -2.14. The summed E-state index contributed by atoms with van der Waals surface area (Å²) in [6.45, 7) is 4.11. The van der Waals surface area contributed by atoms with Gasteiger partial charge in [0.2, 0.25) is 0 Å². The van der Waals surface area contributed by atoms with Gasteiger partial charge in [0.15, 0.2) is 0 Å². The molecule has 2 aromatic carbocycles. The maximum atomic E-state index is 13.0. The summed E-state index contributed by atoms with van der Waals surface area (Å²) in [6, 6.07) is 12.4. The zero-order valence-corrected chi connectivity index (χ0v) is 14.8. The Hall–Kier alpha value is -2.34. The monoisotopic (exact) mass is 361 g/mol. The third kappa shape index (κ3) is 5.60. The van der Waals surface area contributed by atoms with Crippen LogP contribution in [0.25, 0.3) is 0 Å². The molecule has 0 heterocycles. The Kier molecular flexibility index (Phi) is 6.58. The molecule has 132 valence electrons. The van der Waals surface area contributed by atoms with Crippen LogP contribution in [0.4, 0.5) is 4.39 Å². The molecule has 0 saturated carbocycles. The maximum absolute atomic E-state index is 13.0. The number of carbonyl (C=O) groups is 2. The largest absolute Gasteiger partial charge is 0.481 e. The van der Waals surface area contributed by atoms with E-state index in [2.05, 4.69) is 19.2 Å².